The van der Waals surface area contributed by atoms with E-state index in [-0.39, 0.29) is 17.0 Å². The van der Waals surface area contributed by atoms with E-state index in [0.29, 0.717) is 31.7 Å². The van der Waals surface area contributed by atoms with E-state index in [1.807, 2.05) is 0 Å². The maximum atomic E-state index is 12.0. The van der Waals surface area contributed by atoms with E-state index in [0.717, 1.165) is 0 Å². The third-order valence-electron chi connectivity index (χ3n) is 3.02. The van der Waals surface area contributed by atoms with Crippen molar-refractivity contribution in [1.82, 2.24) is 14.9 Å². The largest absolute Gasteiger partial charge is 0.465 e. The van der Waals surface area contributed by atoms with Crippen molar-refractivity contribution in [3.63, 3.8) is 0 Å². The molecule has 1 aliphatic rings. The highest BCUT2D eigenvalue weighted by Crippen LogP contribution is 2.19. The fourth-order valence-corrected chi connectivity index (χ4v) is 2.11. The van der Waals surface area contributed by atoms with Crippen LogP contribution in [0, 0.1) is 5.92 Å². The van der Waals surface area contributed by atoms with E-state index < -0.39 is 6.09 Å². The molecule has 19 heavy (non-hydrogen) atoms. The van der Waals surface area contributed by atoms with Crippen LogP contribution in [0.1, 0.15) is 12.8 Å². The highest BCUT2D eigenvalue weighted by Gasteiger charge is 2.27. The summed E-state index contributed by atoms with van der Waals surface area (Å²) < 4.78 is 0. The highest BCUT2D eigenvalue weighted by molar-refractivity contribution is 6.29. The number of carboxylic acid groups (broad SMARTS) is 1. The van der Waals surface area contributed by atoms with Gasteiger partial charge >= 0.3 is 6.09 Å². The Balaban J connectivity index is 1.90. The monoisotopic (exact) mass is 284 g/mol. The quantitative estimate of drug-likeness (QED) is 0.802. The summed E-state index contributed by atoms with van der Waals surface area (Å²) in [7, 11) is 0. The number of nitrogens with zero attached hydrogens (tertiary/aromatic N) is 3. The predicted molar refractivity (Wildman–Crippen MR) is 68.0 cm³/mol. The summed E-state index contributed by atoms with van der Waals surface area (Å²) in [4.78, 5) is 31.6. The van der Waals surface area contributed by atoms with Gasteiger partial charge in [-0.25, -0.2) is 14.8 Å². The van der Waals surface area contributed by atoms with E-state index in [4.69, 9.17) is 16.7 Å². The summed E-state index contributed by atoms with van der Waals surface area (Å²) in [6, 6.07) is 1.46. The van der Waals surface area contributed by atoms with Gasteiger partial charge in [0.25, 0.3) is 0 Å². The fraction of sp³-hybridized carbons (Fsp3) is 0.455. The molecule has 0 atom stereocenters. The Labute approximate surface area is 114 Å². The molecule has 2 amide bonds. The lowest BCUT2D eigenvalue weighted by Gasteiger charge is -2.29. The number of carbonyl (C=O) groups excluding carboxylic acids is 1. The zero-order valence-corrected chi connectivity index (χ0v) is 10.8. The van der Waals surface area contributed by atoms with Gasteiger partial charge in [0.2, 0.25) is 5.91 Å². The molecule has 102 valence electrons. The van der Waals surface area contributed by atoms with Crippen molar-refractivity contribution in [2.75, 3.05) is 18.4 Å². The summed E-state index contributed by atoms with van der Waals surface area (Å²) in [5.74, 6) is -0.0187. The van der Waals surface area contributed by atoms with Gasteiger partial charge in [-0.05, 0) is 12.8 Å². The number of hydrogen-bond donors (Lipinski definition) is 2. The van der Waals surface area contributed by atoms with E-state index >= 15 is 0 Å². The smallest absolute Gasteiger partial charge is 0.407 e. The number of amides is 2. The molecule has 8 heteroatoms. The zero-order chi connectivity index (χ0) is 13.8. The Morgan fingerprint density at radius 3 is 2.63 bits per heavy atom. The molecule has 0 unspecified atom stereocenters. The van der Waals surface area contributed by atoms with Crippen molar-refractivity contribution in [2.45, 2.75) is 12.8 Å². The van der Waals surface area contributed by atoms with Crippen LogP contribution in [0.25, 0.3) is 0 Å². The summed E-state index contributed by atoms with van der Waals surface area (Å²) in [5.41, 5.74) is 0. The number of rotatable bonds is 2. The van der Waals surface area contributed by atoms with Crippen molar-refractivity contribution in [1.29, 1.82) is 0 Å². The van der Waals surface area contributed by atoms with E-state index in [9.17, 15) is 9.59 Å². The van der Waals surface area contributed by atoms with Crippen LogP contribution < -0.4 is 5.32 Å². The topological polar surface area (TPSA) is 95.4 Å². The summed E-state index contributed by atoms with van der Waals surface area (Å²) in [5, 5.41) is 11.7. The molecule has 1 aliphatic heterocycles. The lowest BCUT2D eigenvalue weighted by Crippen LogP contribution is -2.40. The summed E-state index contributed by atoms with van der Waals surface area (Å²) in [6.45, 7) is 0.746. The molecular formula is C11H13ClN4O3. The summed E-state index contributed by atoms with van der Waals surface area (Å²) >= 11 is 5.69. The van der Waals surface area contributed by atoms with Gasteiger partial charge < -0.3 is 15.3 Å². The molecule has 7 nitrogen and oxygen atoms in total. The third-order valence-corrected chi connectivity index (χ3v) is 3.23. The van der Waals surface area contributed by atoms with Gasteiger partial charge in [0.1, 0.15) is 17.3 Å². The Kier molecular flexibility index (Phi) is 4.16. The molecule has 0 spiro atoms. The van der Waals surface area contributed by atoms with Crippen LogP contribution in [0.3, 0.4) is 0 Å². The molecular weight excluding hydrogens is 272 g/mol. The van der Waals surface area contributed by atoms with Gasteiger partial charge in [-0.1, -0.05) is 11.6 Å². The first kappa shape index (κ1) is 13.5. The fourth-order valence-electron chi connectivity index (χ4n) is 1.96. The third kappa shape index (κ3) is 3.54. The minimum atomic E-state index is -0.943. The van der Waals surface area contributed by atoms with Gasteiger partial charge in [0.05, 0.1) is 0 Å². The van der Waals surface area contributed by atoms with Gasteiger partial charge in [-0.2, -0.15) is 0 Å². The standard InChI is InChI=1S/C11H13ClN4O3/c12-8-5-9(14-6-13-8)15-10(17)7-1-3-16(4-2-7)11(18)19/h5-7H,1-4H2,(H,18,19)(H,13,14,15,17). The van der Waals surface area contributed by atoms with Crippen LogP contribution in [0.4, 0.5) is 10.6 Å². The van der Waals surface area contributed by atoms with Crippen molar-refractivity contribution in [2.24, 2.45) is 5.92 Å². The van der Waals surface area contributed by atoms with Crippen LogP contribution in [-0.4, -0.2) is 45.1 Å². The molecule has 1 aromatic heterocycles. The average molecular weight is 285 g/mol. The molecule has 1 fully saturated rings. The molecule has 1 aromatic rings. The minimum absolute atomic E-state index is 0.167. The Morgan fingerprint density at radius 1 is 1.37 bits per heavy atom. The molecule has 0 aromatic carbocycles. The number of nitrogens with one attached hydrogen (secondary N) is 1. The lowest BCUT2D eigenvalue weighted by molar-refractivity contribution is -0.121. The predicted octanol–water partition coefficient (Wildman–Crippen LogP) is 1.46. The van der Waals surface area contributed by atoms with E-state index in [1.165, 1.54) is 17.3 Å². The number of likely N-dealkylation sites (tertiary alicyclic amines) is 1. The maximum absolute atomic E-state index is 12.0. The zero-order valence-electron chi connectivity index (χ0n) is 10.0. The second-order valence-electron chi connectivity index (χ2n) is 4.26. The maximum Gasteiger partial charge on any atom is 0.407 e. The van der Waals surface area contributed by atoms with Crippen LogP contribution in [-0.2, 0) is 4.79 Å². The van der Waals surface area contributed by atoms with Crippen LogP contribution in [0.15, 0.2) is 12.4 Å². The van der Waals surface area contributed by atoms with Crippen molar-refractivity contribution < 1.29 is 14.7 Å². The van der Waals surface area contributed by atoms with E-state index in [2.05, 4.69) is 15.3 Å². The second-order valence-corrected chi connectivity index (χ2v) is 4.65. The number of halogens is 1. The number of piperidine rings is 1. The van der Waals surface area contributed by atoms with Crippen LogP contribution >= 0.6 is 11.6 Å². The molecule has 2 rings (SSSR count). The average Bonchev–Trinajstić information content (AvgIpc) is 2.39. The van der Waals surface area contributed by atoms with E-state index in [1.54, 1.807) is 0 Å². The van der Waals surface area contributed by atoms with Gasteiger partial charge in [0, 0.05) is 25.1 Å². The molecule has 0 radical (unpaired) electrons. The van der Waals surface area contributed by atoms with Gasteiger partial charge in [-0.15, -0.1) is 0 Å². The first-order chi connectivity index (χ1) is 9.06. The molecule has 2 heterocycles. The number of hydrogen-bond acceptors (Lipinski definition) is 4. The van der Waals surface area contributed by atoms with Crippen LogP contribution in [0.5, 0.6) is 0 Å². The SMILES string of the molecule is O=C(Nc1cc(Cl)ncn1)C1CCN(C(=O)O)CC1. The first-order valence-electron chi connectivity index (χ1n) is 5.82. The molecule has 0 bridgehead atoms. The number of carbonyl (C=O) groups is 2. The first-order valence-corrected chi connectivity index (χ1v) is 6.20. The van der Waals surface area contributed by atoms with Gasteiger partial charge in [0.15, 0.2) is 0 Å². The van der Waals surface area contributed by atoms with Crippen molar-refractivity contribution >= 4 is 29.4 Å². The Bertz CT molecular complexity index is 489. The normalized spacial score (nSPS) is 16.2. The highest BCUT2D eigenvalue weighted by atomic mass is 35.5. The van der Waals surface area contributed by atoms with Crippen molar-refractivity contribution in [3.8, 4) is 0 Å². The van der Waals surface area contributed by atoms with Gasteiger partial charge in [-0.3, -0.25) is 4.79 Å². The molecule has 0 saturated carbocycles. The minimum Gasteiger partial charge on any atom is -0.465 e. The van der Waals surface area contributed by atoms with Crippen LogP contribution in [0.2, 0.25) is 5.15 Å². The number of aromatic nitrogens is 2. The second kappa shape index (κ2) is 5.83. The number of anilines is 1. The summed E-state index contributed by atoms with van der Waals surface area (Å²) in [6.07, 6.45) is 1.35. The Hall–Kier alpha value is -1.89. The Morgan fingerprint density at radius 2 is 2.05 bits per heavy atom. The lowest BCUT2D eigenvalue weighted by atomic mass is 9.96. The molecule has 0 aliphatic carbocycles. The molecule has 1 saturated heterocycles. The van der Waals surface area contributed by atoms with Crippen molar-refractivity contribution in [3.05, 3.63) is 17.5 Å². The molecule has 2 N–H and O–H groups in total.